The van der Waals surface area contributed by atoms with Crippen LogP contribution >= 0.6 is 0 Å². The van der Waals surface area contributed by atoms with E-state index in [9.17, 15) is 0 Å². The molecule has 2 atom stereocenters. The van der Waals surface area contributed by atoms with Crippen molar-refractivity contribution < 1.29 is 18.3 Å². The van der Waals surface area contributed by atoms with Crippen LogP contribution in [-0.4, -0.2) is 29.4 Å². The molecule has 2 unspecified atom stereocenters. The van der Waals surface area contributed by atoms with E-state index in [0.717, 1.165) is 82.3 Å². The van der Waals surface area contributed by atoms with Crippen molar-refractivity contribution in [3.63, 3.8) is 0 Å². The molecule has 1 aliphatic rings. The number of imidazole rings is 1. The largest absolute Gasteiger partial charge is 0.498 e. The van der Waals surface area contributed by atoms with E-state index in [-0.39, 0.29) is 34.2 Å². The molecular formula is C47H61FN3O2+. The second kappa shape index (κ2) is 14.3. The molecule has 282 valence electrons. The molecule has 2 aromatic carbocycles. The molecule has 0 fully saturated rings. The van der Waals surface area contributed by atoms with Crippen molar-refractivity contribution >= 4 is 33.7 Å². The summed E-state index contributed by atoms with van der Waals surface area (Å²) in [6.45, 7) is 28.5. The first-order chi connectivity index (χ1) is 25.0. The highest BCUT2D eigenvalue weighted by molar-refractivity contribution is 5.99. The van der Waals surface area contributed by atoms with E-state index in [1.807, 2.05) is 19.9 Å². The minimum Gasteiger partial charge on any atom is -0.498 e. The number of hydrogen-bond donors (Lipinski definition) is 0. The number of nitrogens with zero attached hydrogens (tertiary/aromatic N) is 3. The van der Waals surface area contributed by atoms with Gasteiger partial charge in [0.1, 0.15) is 11.7 Å². The molecule has 1 aliphatic heterocycles. The van der Waals surface area contributed by atoms with Crippen LogP contribution in [0.5, 0.6) is 0 Å². The predicted molar refractivity (Wildman–Crippen MR) is 219 cm³/mol. The first-order valence-corrected chi connectivity index (χ1v) is 19.6. The molecule has 4 heterocycles. The molecule has 6 rings (SSSR count). The van der Waals surface area contributed by atoms with Crippen LogP contribution in [0.4, 0.5) is 4.39 Å². The molecule has 0 N–H and O–H groups in total. The molecule has 0 spiro atoms. The van der Waals surface area contributed by atoms with Gasteiger partial charge < -0.3 is 9.47 Å². The lowest BCUT2D eigenvalue weighted by Crippen LogP contribution is -2.35. The molecule has 0 saturated carbocycles. The Labute approximate surface area is 316 Å². The van der Waals surface area contributed by atoms with Gasteiger partial charge in [-0.05, 0) is 91.5 Å². The van der Waals surface area contributed by atoms with Gasteiger partial charge in [0.15, 0.2) is 11.3 Å². The van der Waals surface area contributed by atoms with Gasteiger partial charge >= 0.3 is 0 Å². The number of pyridine rings is 2. The maximum Gasteiger partial charge on any atom is 0.297 e. The van der Waals surface area contributed by atoms with Crippen LogP contribution < -0.4 is 4.40 Å². The number of allylic oxidation sites excluding steroid dienone is 1. The Morgan fingerprint density at radius 1 is 1.08 bits per heavy atom. The summed E-state index contributed by atoms with van der Waals surface area (Å²) >= 11 is 0. The van der Waals surface area contributed by atoms with Crippen molar-refractivity contribution in [2.75, 3.05) is 13.7 Å². The van der Waals surface area contributed by atoms with Crippen LogP contribution in [-0.2, 0) is 32.3 Å². The summed E-state index contributed by atoms with van der Waals surface area (Å²) in [6, 6.07) is 13.1. The molecule has 5 nitrogen and oxygen atoms in total. The lowest BCUT2D eigenvalue weighted by molar-refractivity contribution is -0.483. The average molecular weight is 719 g/mol. The second-order valence-electron chi connectivity index (χ2n) is 17.6. The first kappa shape index (κ1) is 38.7. The van der Waals surface area contributed by atoms with Gasteiger partial charge in [-0.2, -0.15) is 4.40 Å². The SMILES string of the molecule is C=Cc1ccc(CCC(=CC(C)OC)OCC2CC(CC)(CC)n3c4cc(C)c(C)c(F)c4[n+]4cc(C(C)(C)C)c5nc(C(C)(C)C)cc2c5c34)cc1. The van der Waals surface area contributed by atoms with Crippen LogP contribution in [0.25, 0.3) is 33.7 Å². The smallest absolute Gasteiger partial charge is 0.297 e. The van der Waals surface area contributed by atoms with Crippen LogP contribution in [0.1, 0.15) is 133 Å². The third-order valence-corrected chi connectivity index (χ3v) is 12.0. The number of benzene rings is 2. The summed E-state index contributed by atoms with van der Waals surface area (Å²) in [6.07, 6.45) is 10.4. The van der Waals surface area contributed by atoms with Gasteiger partial charge in [0.05, 0.1) is 29.4 Å². The zero-order valence-corrected chi connectivity index (χ0v) is 34.3. The number of ether oxygens (including phenoxy) is 2. The van der Waals surface area contributed by atoms with Gasteiger partial charge in [0, 0.05) is 42.5 Å². The summed E-state index contributed by atoms with van der Waals surface area (Å²) in [5.74, 6) is 0.856. The van der Waals surface area contributed by atoms with Crippen LogP contribution in [0.2, 0.25) is 0 Å². The van der Waals surface area contributed by atoms with E-state index in [0.29, 0.717) is 17.7 Å². The summed E-state index contributed by atoms with van der Waals surface area (Å²) in [4.78, 5) is 5.53. The maximum absolute atomic E-state index is 16.7. The number of rotatable bonds is 11. The lowest BCUT2D eigenvalue weighted by atomic mass is 9.78. The van der Waals surface area contributed by atoms with E-state index in [1.165, 1.54) is 11.1 Å². The molecule has 3 aromatic heterocycles. The normalized spacial score (nSPS) is 16.8. The maximum atomic E-state index is 16.7. The summed E-state index contributed by atoms with van der Waals surface area (Å²) < 4.78 is 34.1. The molecule has 0 amide bonds. The van der Waals surface area contributed by atoms with Gasteiger partial charge in [-0.15, -0.1) is 0 Å². The lowest BCUT2D eigenvalue weighted by Gasteiger charge is -2.32. The Bertz CT molecular complexity index is 2210. The molecule has 0 aliphatic carbocycles. The molecule has 5 aromatic rings. The highest BCUT2D eigenvalue weighted by atomic mass is 19.1. The fourth-order valence-electron chi connectivity index (χ4n) is 8.34. The highest BCUT2D eigenvalue weighted by Gasteiger charge is 2.46. The first-order valence-electron chi connectivity index (χ1n) is 19.6. The molecule has 53 heavy (non-hydrogen) atoms. The van der Waals surface area contributed by atoms with E-state index < -0.39 is 0 Å². The number of aryl methyl sites for hydroxylation is 2. The van der Waals surface area contributed by atoms with Crippen molar-refractivity contribution in [1.29, 1.82) is 0 Å². The number of halogens is 1. The molecule has 6 heteroatoms. The van der Waals surface area contributed by atoms with Gasteiger partial charge in [-0.25, -0.2) is 8.96 Å². The summed E-state index contributed by atoms with van der Waals surface area (Å²) in [5.41, 5.74) is 10.4. The van der Waals surface area contributed by atoms with Gasteiger partial charge in [-0.3, -0.25) is 4.98 Å². The highest BCUT2D eigenvalue weighted by Crippen LogP contribution is 2.48. The molecule has 0 bridgehead atoms. The Balaban J connectivity index is 1.62. The van der Waals surface area contributed by atoms with E-state index in [2.05, 4.69) is 127 Å². The van der Waals surface area contributed by atoms with E-state index in [1.54, 1.807) is 7.11 Å². The third-order valence-electron chi connectivity index (χ3n) is 12.0. The number of hydrogen-bond acceptors (Lipinski definition) is 3. The van der Waals surface area contributed by atoms with E-state index >= 15 is 4.39 Å². The van der Waals surface area contributed by atoms with Gasteiger partial charge in [0.2, 0.25) is 5.52 Å². The van der Waals surface area contributed by atoms with Gasteiger partial charge in [-0.1, -0.05) is 92.3 Å². The van der Waals surface area contributed by atoms with Crippen molar-refractivity contribution in [2.45, 2.75) is 137 Å². The minimum atomic E-state index is -0.289. The van der Waals surface area contributed by atoms with Crippen molar-refractivity contribution in [3.05, 3.63) is 106 Å². The average Bonchev–Trinajstić information content (AvgIpc) is 3.39. The number of fused-ring (bicyclic) bond motifs is 3. The number of aromatic nitrogens is 3. The molecule has 0 radical (unpaired) electrons. The van der Waals surface area contributed by atoms with Crippen LogP contribution in [0.15, 0.2) is 61.0 Å². The standard InChI is InChI=1S/C47H61FN3O2/c1-14-32-17-19-33(20-18-32)21-22-35(24-30(5)52-13)53-28-34-26-47(15-2,16-3)51-38-23-29(4)31(6)41(48)43(38)50-27-37(45(7,8)9)42-40(44(50)51)36(34)25-39(49-42)46(10,11)12/h14,17-20,23-25,27,30,34H,1,15-16,21-22,26,28H2,2-13H3/q+1. The third kappa shape index (κ3) is 6.93. The van der Waals surface area contributed by atoms with Crippen LogP contribution in [0.3, 0.4) is 0 Å². The Hall–Kier alpha value is -4.03. The zero-order valence-electron chi connectivity index (χ0n) is 34.3. The van der Waals surface area contributed by atoms with Crippen molar-refractivity contribution in [1.82, 2.24) is 9.55 Å². The van der Waals surface area contributed by atoms with Crippen LogP contribution in [0, 0.1) is 19.7 Å². The van der Waals surface area contributed by atoms with E-state index in [4.69, 9.17) is 14.5 Å². The topological polar surface area (TPSA) is 40.4 Å². The molecule has 0 saturated heterocycles. The Kier molecular flexibility index (Phi) is 10.5. The quantitative estimate of drug-likeness (QED) is 0.101. The number of methoxy groups -OCH3 is 1. The van der Waals surface area contributed by atoms with Crippen molar-refractivity contribution in [2.24, 2.45) is 0 Å². The summed E-state index contributed by atoms with van der Waals surface area (Å²) in [7, 11) is 1.74. The predicted octanol–water partition coefficient (Wildman–Crippen LogP) is 11.5. The molecular weight excluding hydrogens is 658 g/mol. The summed E-state index contributed by atoms with van der Waals surface area (Å²) in [5, 5.41) is 1.12. The second-order valence-corrected chi connectivity index (χ2v) is 17.6. The zero-order chi connectivity index (χ0) is 38.6. The fraction of sp³-hybridized carbons (Fsp3) is 0.489. The Morgan fingerprint density at radius 3 is 2.34 bits per heavy atom. The minimum absolute atomic E-state index is 0.0555. The fourth-order valence-corrected chi connectivity index (χ4v) is 8.34. The van der Waals surface area contributed by atoms with Crippen molar-refractivity contribution in [3.8, 4) is 0 Å². The van der Waals surface area contributed by atoms with Gasteiger partial charge in [0.25, 0.3) is 5.65 Å². The Morgan fingerprint density at radius 2 is 1.75 bits per heavy atom. The monoisotopic (exact) mass is 718 g/mol.